The minimum absolute atomic E-state index is 0.199. The number of carbonyl (C=O) groups is 1. The van der Waals surface area contributed by atoms with Gasteiger partial charge in [0.15, 0.2) is 0 Å². The van der Waals surface area contributed by atoms with E-state index in [4.69, 9.17) is 28.1 Å². The van der Waals surface area contributed by atoms with Crippen LogP contribution in [0.5, 0.6) is 0 Å². The molecule has 2 rings (SSSR count). The molecular weight excluding hydrogens is 394 g/mol. The Balaban J connectivity index is 0.000000696. The summed E-state index contributed by atoms with van der Waals surface area (Å²) in [6.07, 6.45) is 0.196. The number of carbonyl (C=O) groups excluding carboxylic acids is 1. The molecule has 0 aromatic heterocycles. The number of hydrogen-bond donors (Lipinski definition) is 1. The van der Waals surface area contributed by atoms with E-state index in [0.717, 1.165) is 11.1 Å². The Hall–Kier alpha value is -1.46. The number of piperidine rings is 1. The maximum Gasteiger partial charge on any atom is 0.508 e. The highest BCUT2D eigenvalue weighted by Gasteiger charge is 2.46. The Morgan fingerprint density at radius 3 is 1.96 bits per heavy atom. The molecule has 9 nitrogen and oxygen atoms in total. The Morgan fingerprint density at radius 1 is 1.11 bits per heavy atom. The van der Waals surface area contributed by atoms with E-state index in [1.165, 1.54) is 5.06 Å². The molecule has 0 amide bonds. The maximum absolute atomic E-state index is 11.9. The third kappa shape index (κ3) is 8.70. The number of ether oxygens (including phenoxy) is 2. The lowest BCUT2D eigenvalue weighted by Gasteiger charge is -2.50. The summed E-state index contributed by atoms with van der Waals surface area (Å²) in [5.74, 6) is 0. The van der Waals surface area contributed by atoms with Crippen molar-refractivity contribution in [3.05, 3.63) is 35.4 Å². The van der Waals surface area contributed by atoms with Crippen LogP contribution >= 0.6 is 0 Å². The number of nitrogens with zero attached hydrogens (tertiary/aromatic N) is 1. The fourth-order valence-electron chi connectivity index (χ4n) is 3.26. The molecule has 160 valence electrons. The Labute approximate surface area is 166 Å². The Bertz CT molecular complexity index is 618. The number of aryl methyl sites for hydroxylation is 1. The zero-order chi connectivity index (χ0) is 21.8. The zero-order valence-corrected chi connectivity index (χ0v) is 17.4. The van der Waals surface area contributed by atoms with Crippen LogP contribution in [0.2, 0.25) is 0 Å². The Kier molecular flexibility index (Phi) is 8.21. The number of rotatable bonds is 3. The van der Waals surface area contributed by atoms with Crippen molar-refractivity contribution in [3.8, 4) is 0 Å². The number of hydrogen-bond acceptors (Lipinski definition) is 9. The summed E-state index contributed by atoms with van der Waals surface area (Å²) in [4.78, 5) is 11.9. The van der Waals surface area contributed by atoms with Crippen LogP contribution in [0.15, 0.2) is 24.3 Å². The number of hydroxylamine groups is 2. The largest absolute Gasteiger partial charge is 0.508 e. The van der Waals surface area contributed by atoms with Crippen LogP contribution in [-0.2, 0) is 16.1 Å². The number of benzene rings is 1. The van der Waals surface area contributed by atoms with Crippen molar-refractivity contribution in [1.82, 2.24) is 5.06 Å². The monoisotopic (exact) mass is 420 g/mol. The highest BCUT2D eigenvalue weighted by molar-refractivity contribution is 5.60. The molecule has 28 heavy (non-hydrogen) atoms. The molecule has 1 heterocycles. The topological polar surface area (TPSA) is 151 Å². The summed E-state index contributed by atoms with van der Waals surface area (Å²) >= 11 is 0. The van der Waals surface area contributed by atoms with Crippen molar-refractivity contribution < 1.29 is 48.4 Å². The summed E-state index contributed by atoms with van der Waals surface area (Å²) in [6, 6.07) is 7.82. The molecule has 0 radical (unpaired) electrons. The second-order valence-electron chi connectivity index (χ2n) is 7.99. The van der Waals surface area contributed by atoms with Gasteiger partial charge in [0.05, 0.1) is 0 Å². The molecule has 0 atom stereocenters. The van der Waals surface area contributed by atoms with Crippen LogP contribution in [0.25, 0.3) is 0 Å². The van der Waals surface area contributed by atoms with Gasteiger partial charge in [-0.15, -0.1) is 10.2 Å². The zero-order valence-electron chi connectivity index (χ0n) is 16.6. The summed E-state index contributed by atoms with van der Waals surface area (Å²) in [5.41, 5.74) is 1.18. The van der Waals surface area contributed by atoms with Gasteiger partial charge < -0.3 is 14.7 Å². The van der Waals surface area contributed by atoms with E-state index >= 15 is 0 Å². The molecule has 1 aromatic carbocycles. The van der Waals surface area contributed by atoms with Crippen LogP contribution in [-0.4, -0.2) is 33.6 Å². The lowest BCUT2D eigenvalue weighted by Crippen LogP contribution is -2.68. The van der Waals surface area contributed by atoms with Crippen LogP contribution in [0.4, 0.5) is 4.79 Å². The molecule has 1 aliphatic rings. The molecule has 1 aliphatic heterocycles. The van der Waals surface area contributed by atoms with Crippen molar-refractivity contribution in [3.63, 3.8) is 0 Å². The molecule has 0 bridgehead atoms. The van der Waals surface area contributed by atoms with E-state index in [1.807, 2.05) is 58.9 Å². The normalized spacial score (nSPS) is 19.4. The van der Waals surface area contributed by atoms with Crippen molar-refractivity contribution in [2.24, 2.45) is 0 Å². The molecular formula is C18H27ClNO8-. The molecule has 0 unspecified atom stereocenters. The van der Waals surface area contributed by atoms with E-state index in [0.29, 0.717) is 12.8 Å². The highest BCUT2D eigenvalue weighted by atomic mass is 35.7. The second kappa shape index (κ2) is 9.36. The predicted octanol–water partition coefficient (Wildman–Crippen LogP) is -0.697. The van der Waals surface area contributed by atoms with E-state index in [-0.39, 0.29) is 12.7 Å². The maximum atomic E-state index is 11.9. The van der Waals surface area contributed by atoms with Gasteiger partial charge in [-0.05, 0) is 40.2 Å². The highest BCUT2D eigenvalue weighted by Crippen LogP contribution is 2.38. The van der Waals surface area contributed by atoms with Gasteiger partial charge in [-0.25, -0.2) is 23.4 Å². The standard InChI is InChI=1S/C18H27NO4.ClHO4/c1-13-6-8-14(9-7-13)12-22-16(20)23-15-10-17(2,3)19(21)18(4,5)11-15;2-1(3,4)5/h6-9,15,21H,10-12H2,1-5H3;(H,2,3,4,5)/p-1. The third-order valence-corrected chi connectivity index (χ3v) is 4.34. The molecule has 10 heteroatoms. The molecule has 0 spiro atoms. The summed E-state index contributed by atoms with van der Waals surface area (Å²) in [6.45, 7) is 9.94. The first-order valence-corrected chi connectivity index (χ1v) is 9.83. The van der Waals surface area contributed by atoms with Crippen molar-refractivity contribution >= 4 is 6.16 Å². The molecule has 1 N–H and O–H groups in total. The van der Waals surface area contributed by atoms with Gasteiger partial charge in [0, 0.05) is 23.9 Å². The molecule has 0 aliphatic carbocycles. The first kappa shape index (κ1) is 24.6. The van der Waals surface area contributed by atoms with Gasteiger partial charge in [-0.1, -0.05) is 29.8 Å². The fourth-order valence-corrected chi connectivity index (χ4v) is 3.26. The van der Waals surface area contributed by atoms with Gasteiger partial charge in [0.25, 0.3) is 0 Å². The van der Waals surface area contributed by atoms with E-state index in [1.54, 1.807) is 0 Å². The van der Waals surface area contributed by atoms with Gasteiger partial charge >= 0.3 is 6.16 Å². The van der Waals surface area contributed by atoms with E-state index in [9.17, 15) is 10.0 Å². The first-order chi connectivity index (χ1) is 12.6. The first-order valence-electron chi connectivity index (χ1n) is 8.60. The van der Waals surface area contributed by atoms with E-state index in [2.05, 4.69) is 0 Å². The van der Waals surface area contributed by atoms with Gasteiger partial charge in [-0.2, -0.15) is 5.06 Å². The summed E-state index contributed by atoms with van der Waals surface area (Å²) < 4.78 is 44.6. The second-order valence-corrected chi connectivity index (χ2v) is 8.74. The average molecular weight is 421 g/mol. The SMILES string of the molecule is Cc1ccc(COC(=O)OC2CC(C)(C)N(O)C(C)(C)C2)cc1.[O-][Cl+3]([O-])([O-])[O-]. The van der Waals surface area contributed by atoms with Crippen LogP contribution < -0.4 is 18.6 Å². The van der Waals surface area contributed by atoms with Gasteiger partial charge in [0.2, 0.25) is 0 Å². The molecule has 1 aromatic rings. The Morgan fingerprint density at radius 2 is 1.54 bits per heavy atom. The minimum atomic E-state index is -4.94. The van der Waals surface area contributed by atoms with Gasteiger partial charge in [0.1, 0.15) is 12.7 Å². The van der Waals surface area contributed by atoms with Gasteiger partial charge in [-0.3, -0.25) is 0 Å². The molecule has 1 saturated heterocycles. The van der Waals surface area contributed by atoms with Crippen LogP contribution in [0, 0.1) is 17.2 Å². The van der Waals surface area contributed by atoms with Crippen molar-refractivity contribution in [1.29, 1.82) is 0 Å². The van der Waals surface area contributed by atoms with Crippen LogP contribution in [0.3, 0.4) is 0 Å². The molecule has 0 saturated carbocycles. The third-order valence-electron chi connectivity index (χ3n) is 4.34. The van der Waals surface area contributed by atoms with Crippen LogP contribution in [0.1, 0.15) is 51.7 Å². The minimum Gasteiger partial charge on any atom is -0.431 e. The van der Waals surface area contributed by atoms with Crippen molar-refractivity contribution in [2.45, 2.75) is 71.2 Å². The smallest absolute Gasteiger partial charge is 0.431 e. The predicted molar refractivity (Wildman–Crippen MR) is 87.3 cm³/mol. The lowest BCUT2D eigenvalue weighted by atomic mass is 9.80. The fraction of sp³-hybridized carbons (Fsp3) is 0.611. The lowest BCUT2D eigenvalue weighted by molar-refractivity contribution is -2.00. The summed E-state index contributed by atoms with van der Waals surface area (Å²) in [7, 11) is -4.94. The summed E-state index contributed by atoms with van der Waals surface area (Å²) in [5, 5.41) is 11.6. The number of halogens is 1. The van der Waals surface area contributed by atoms with Crippen molar-refractivity contribution in [2.75, 3.05) is 0 Å². The molecule has 1 fully saturated rings. The average Bonchev–Trinajstić information content (AvgIpc) is 2.50. The van der Waals surface area contributed by atoms with E-state index < -0.39 is 27.5 Å². The quantitative estimate of drug-likeness (QED) is 0.625.